The second kappa shape index (κ2) is 3.31. The molecular weight excluding hydrogens is 204 g/mol. The maximum Gasteiger partial charge on any atom is -0.0205 e. The van der Waals surface area contributed by atoms with Gasteiger partial charge in [0.1, 0.15) is 0 Å². The van der Waals surface area contributed by atoms with Crippen molar-refractivity contribution in [3.8, 4) is 0 Å². The van der Waals surface area contributed by atoms with Gasteiger partial charge in [-0.25, -0.2) is 0 Å². The largest absolute Gasteiger partial charge is 0.0651 e. The Morgan fingerprint density at radius 2 is 1.65 bits per heavy atom. The first-order valence-corrected chi connectivity index (χ1v) is 7.89. The fourth-order valence-electron chi connectivity index (χ4n) is 6.92. The average Bonchev–Trinajstić information content (AvgIpc) is 2.30. The zero-order chi connectivity index (χ0) is 12.6. The van der Waals surface area contributed by atoms with E-state index in [1.54, 1.807) is 0 Å². The van der Waals surface area contributed by atoms with E-state index < -0.39 is 0 Å². The molecule has 0 bridgehead atoms. The SMILES string of the molecule is CCC1C(C)C2(C)C1C(C)CC1CC(C)C12C. The number of hydrogen-bond acceptors (Lipinski definition) is 0. The topological polar surface area (TPSA) is 0 Å². The van der Waals surface area contributed by atoms with Crippen LogP contribution in [0, 0.1) is 46.3 Å². The Hall–Kier alpha value is 0. The van der Waals surface area contributed by atoms with E-state index in [2.05, 4.69) is 41.5 Å². The molecule has 3 fully saturated rings. The minimum atomic E-state index is 0.647. The highest BCUT2D eigenvalue weighted by Crippen LogP contribution is 2.79. The second-order valence-corrected chi connectivity index (χ2v) is 8.00. The molecule has 3 aliphatic carbocycles. The van der Waals surface area contributed by atoms with Crippen LogP contribution in [-0.4, -0.2) is 0 Å². The highest BCUT2D eigenvalue weighted by Gasteiger charge is 2.73. The summed E-state index contributed by atoms with van der Waals surface area (Å²) in [7, 11) is 0. The van der Waals surface area contributed by atoms with Gasteiger partial charge < -0.3 is 0 Å². The predicted molar refractivity (Wildman–Crippen MR) is 73.7 cm³/mol. The van der Waals surface area contributed by atoms with Gasteiger partial charge in [-0.3, -0.25) is 0 Å². The molecule has 8 unspecified atom stereocenters. The zero-order valence-electron chi connectivity index (χ0n) is 12.6. The smallest absolute Gasteiger partial charge is 0.0205 e. The van der Waals surface area contributed by atoms with Crippen LogP contribution >= 0.6 is 0 Å². The second-order valence-electron chi connectivity index (χ2n) is 8.00. The van der Waals surface area contributed by atoms with Crippen molar-refractivity contribution in [3.63, 3.8) is 0 Å². The third-order valence-electron chi connectivity index (χ3n) is 8.15. The van der Waals surface area contributed by atoms with E-state index in [9.17, 15) is 0 Å². The van der Waals surface area contributed by atoms with E-state index in [-0.39, 0.29) is 0 Å². The van der Waals surface area contributed by atoms with Crippen LogP contribution < -0.4 is 0 Å². The Labute approximate surface area is 108 Å². The predicted octanol–water partition coefficient (Wildman–Crippen LogP) is 4.99. The lowest BCUT2D eigenvalue weighted by Crippen LogP contribution is -2.73. The zero-order valence-corrected chi connectivity index (χ0v) is 12.6. The number of hydrogen-bond donors (Lipinski definition) is 0. The molecule has 0 nitrogen and oxygen atoms in total. The molecule has 98 valence electrons. The van der Waals surface area contributed by atoms with E-state index in [1.807, 2.05) is 0 Å². The monoisotopic (exact) mass is 234 g/mol. The molecule has 0 saturated heterocycles. The fourth-order valence-corrected chi connectivity index (χ4v) is 6.92. The molecule has 3 aliphatic rings. The maximum absolute atomic E-state index is 2.65. The maximum atomic E-state index is 2.65. The van der Waals surface area contributed by atoms with Gasteiger partial charge in [0.05, 0.1) is 0 Å². The van der Waals surface area contributed by atoms with Crippen LogP contribution in [0.3, 0.4) is 0 Å². The Kier molecular flexibility index (Phi) is 2.34. The van der Waals surface area contributed by atoms with Crippen LogP contribution in [0.25, 0.3) is 0 Å². The van der Waals surface area contributed by atoms with Crippen molar-refractivity contribution < 1.29 is 0 Å². The van der Waals surface area contributed by atoms with Crippen LogP contribution in [0.5, 0.6) is 0 Å². The summed E-state index contributed by atoms with van der Waals surface area (Å²) in [6, 6.07) is 0. The molecule has 0 heterocycles. The van der Waals surface area contributed by atoms with Gasteiger partial charge in [-0.2, -0.15) is 0 Å². The van der Waals surface area contributed by atoms with Gasteiger partial charge in [0, 0.05) is 0 Å². The van der Waals surface area contributed by atoms with E-state index in [0.29, 0.717) is 10.8 Å². The van der Waals surface area contributed by atoms with Gasteiger partial charge in [0.25, 0.3) is 0 Å². The number of fused-ring (bicyclic) bond motifs is 3. The standard InChI is InChI=1S/C17H30/c1-7-14-12(4)17(6)15(14)10(2)8-13-9-11(3)16(13,17)5/h10-15H,7-9H2,1-6H3. The fraction of sp³-hybridized carbons (Fsp3) is 1.00. The lowest BCUT2D eigenvalue weighted by atomic mass is 9.26. The van der Waals surface area contributed by atoms with Crippen LogP contribution in [0.2, 0.25) is 0 Å². The molecule has 3 rings (SSSR count). The highest BCUT2D eigenvalue weighted by atomic mass is 14.8. The Morgan fingerprint density at radius 1 is 1.00 bits per heavy atom. The first-order chi connectivity index (χ1) is 7.89. The summed E-state index contributed by atoms with van der Waals surface area (Å²) >= 11 is 0. The van der Waals surface area contributed by atoms with Crippen molar-refractivity contribution in [1.29, 1.82) is 0 Å². The third kappa shape index (κ3) is 1.04. The van der Waals surface area contributed by atoms with Crippen LogP contribution in [0.1, 0.15) is 60.8 Å². The van der Waals surface area contributed by atoms with E-state index >= 15 is 0 Å². The summed E-state index contributed by atoms with van der Waals surface area (Å²) in [4.78, 5) is 0. The van der Waals surface area contributed by atoms with E-state index in [4.69, 9.17) is 0 Å². The first-order valence-electron chi connectivity index (χ1n) is 7.89. The Bertz CT molecular complexity index is 333. The quantitative estimate of drug-likeness (QED) is 0.600. The van der Waals surface area contributed by atoms with Crippen LogP contribution in [-0.2, 0) is 0 Å². The first kappa shape index (κ1) is 12.1. The summed E-state index contributed by atoms with van der Waals surface area (Å²) in [6.07, 6.45) is 4.43. The summed E-state index contributed by atoms with van der Waals surface area (Å²) in [5.41, 5.74) is 1.31. The molecule has 0 spiro atoms. The molecule has 0 aromatic rings. The van der Waals surface area contributed by atoms with Gasteiger partial charge in [-0.1, -0.05) is 48.0 Å². The molecule has 0 N–H and O–H groups in total. The summed E-state index contributed by atoms with van der Waals surface area (Å²) in [6.45, 7) is 15.3. The molecule has 0 radical (unpaired) electrons. The van der Waals surface area contributed by atoms with Crippen molar-refractivity contribution >= 4 is 0 Å². The summed E-state index contributed by atoms with van der Waals surface area (Å²) < 4.78 is 0. The van der Waals surface area contributed by atoms with E-state index in [1.165, 1.54) is 19.3 Å². The van der Waals surface area contributed by atoms with Crippen LogP contribution in [0.15, 0.2) is 0 Å². The van der Waals surface area contributed by atoms with Crippen molar-refractivity contribution in [2.45, 2.75) is 60.8 Å². The molecular formula is C17H30. The molecule has 0 heteroatoms. The molecule has 17 heavy (non-hydrogen) atoms. The Balaban J connectivity index is 2.00. The highest BCUT2D eigenvalue weighted by molar-refractivity contribution is 5.21. The van der Waals surface area contributed by atoms with Crippen molar-refractivity contribution in [2.24, 2.45) is 46.3 Å². The van der Waals surface area contributed by atoms with Gasteiger partial charge in [-0.05, 0) is 59.2 Å². The lowest BCUT2D eigenvalue weighted by Gasteiger charge is -2.78. The summed E-state index contributed by atoms with van der Waals surface area (Å²) in [5, 5.41) is 0. The molecule has 8 atom stereocenters. The van der Waals surface area contributed by atoms with Crippen molar-refractivity contribution in [2.75, 3.05) is 0 Å². The molecule has 0 aromatic carbocycles. The van der Waals surface area contributed by atoms with Gasteiger partial charge >= 0.3 is 0 Å². The van der Waals surface area contributed by atoms with Gasteiger partial charge in [-0.15, -0.1) is 0 Å². The number of rotatable bonds is 1. The van der Waals surface area contributed by atoms with Gasteiger partial charge in [0.2, 0.25) is 0 Å². The normalized spacial score (nSPS) is 65.3. The Morgan fingerprint density at radius 3 is 2.18 bits per heavy atom. The van der Waals surface area contributed by atoms with E-state index in [0.717, 1.165) is 35.5 Å². The summed E-state index contributed by atoms with van der Waals surface area (Å²) in [5.74, 6) is 5.97. The third-order valence-corrected chi connectivity index (χ3v) is 8.15. The lowest BCUT2D eigenvalue weighted by molar-refractivity contribution is -0.305. The minimum absolute atomic E-state index is 0.647. The van der Waals surface area contributed by atoms with Crippen molar-refractivity contribution in [1.82, 2.24) is 0 Å². The molecule has 0 amide bonds. The molecule has 3 saturated carbocycles. The molecule has 0 aromatic heterocycles. The van der Waals surface area contributed by atoms with Crippen LogP contribution in [0.4, 0.5) is 0 Å². The average molecular weight is 234 g/mol. The van der Waals surface area contributed by atoms with Crippen molar-refractivity contribution in [3.05, 3.63) is 0 Å². The molecule has 0 aliphatic heterocycles. The minimum Gasteiger partial charge on any atom is -0.0651 e. The van der Waals surface area contributed by atoms with Gasteiger partial charge in [0.15, 0.2) is 0 Å².